The highest BCUT2D eigenvalue weighted by Gasteiger charge is 2.29. The van der Waals surface area contributed by atoms with Crippen LogP contribution in [0.15, 0.2) is 54.9 Å². The Morgan fingerprint density at radius 2 is 1.93 bits per heavy atom. The molecule has 0 bridgehead atoms. The van der Waals surface area contributed by atoms with Gasteiger partial charge in [0.05, 0.1) is 5.92 Å². The maximum absolute atomic E-state index is 12.5. The van der Waals surface area contributed by atoms with E-state index in [1.54, 1.807) is 6.20 Å². The van der Waals surface area contributed by atoms with Crippen molar-refractivity contribution in [2.75, 3.05) is 19.6 Å². The number of pyridine rings is 1. The number of aromatic nitrogens is 1. The second-order valence-electron chi connectivity index (χ2n) is 7.07. The molecule has 2 aromatic rings. The number of nitrogens with one attached hydrogen (secondary N) is 1. The SMILES string of the molecule is O=C(NCCc1cccnc1)[C@H]1CCC(=O)N(CCCc2ccccc2)C1. The summed E-state index contributed by atoms with van der Waals surface area (Å²) in [6, 6.07) is 14.2. The summed E-state index contributed by atoms with van der Waals surface area (Å²) in [6.07, 6.45) is 7.32. The van der Waals surface area contributed by atoms with Crippen LogP contribution in [-0.2, 0) is 22.4 Å². The molecule has 3 rings (SSSR count). The maximum atomic E-state index is 12.5. The van der Waals surface area contributed by atoms with Crippen LogP contribution in [0, 0.1) is 5.92 Å². The van der Waals surface area contributed by atoms with Crippen LogP contribution >= 0.6 is 0 Å². The molecule has 2 amide bonds. The number of carbonyl (C=O) groups excluding carboxylic acids is 2. The molecule has 1 saturated heterocycles. The van der Waals surface area contributed by atoms with E-state index in [-0.39, 0.29) is 17.7 Å². The summed E-state index contributed by atoms with van der Waals surface area (Å²) in [7, 11) is 0. The van der Waals surface area contributed by atoms with Gasteiger partial charge in [0.25, 0.3) is 0 Å². The Kier molecular flexibility index (Phi) is 6.97. The standard InChI is InChI=1S/C22H27N3O2/c26-21-11-10-20(22(27)24-14-12-19-8-4-13-23-16-19)17-25(21)15-5-9-18-6-2-1-3-7-18/h1-4,6-8,13,16,20H,5,9-12,14-15,17H2,(H,24,27)/t20-/m0/s1. The van der Waals surface area contributed by atoms with Crippen LogP contribution in [0.25, 0.3) is 0 Å². The summed E-state index contributed by atoms with van der Waals surface area (Å²) in [4.78, 5) is 30.6. The van der Waals surface area contributed by atoms with Gasteiger partial charge in [-0.1, -0.05) is 36.4 Å². The van der Waals surface area contributed by atoms with Gasteiger partial charge in [0, 0.05) is 38.4 Å². The zero-order valence-electron chi connectivity index (χ0n) is 15.6. The van der Waals surface area contributed by atoms with Gasteiger partial charge in [-0.3, -0.25) is 14.6 Å². The van der Waals surface area contributed by atoms with Crippen LogP contribution in [0.5, 0.6) is 0 Å². The molecule has 0 radical (unpaired) electrons. The van der Waals surface area contributed by atoms with Gasteiger partial charge in [-0.15, -0.1) is 0 Å². The molecule has 1 aromatic carbocycles. The Hall–Kier alpha value is -2.69. The highest BCUT2D eigenvalue weighted by Crippen LogP contribution is 2.18. The lowest BCUT2D eigenvalue weighted by atomic mass is 9.96. The predicted octanol–water partition coefficient (Wildman–Crippen LogP) is 2.61. The molecule has 5 nitrogen and oxygen atoms in total. The summed E-state index contributed by atoms with van der Waals surface area (Å²) in [5.41, 5.74) is 2.39. The van der Waals surface area contributed by atoms with Gasteiger partial charge in [0.1, 0.15) is 0 Å². The van der Waals surface area contributed by atoms with Gasteiger partial charge in [-0.25, -0.2) is 0 Å². The first-order chi connectivity index (χ1) is 13.2. The Labute approximate surface area is 160 Å². The van der Waals surface area contributed by atoms with E-state index in [9.17, 15) is 9.59 Å². The molecule has 1 aliphatic heterocycles. The smallest absolute Gasteiger partial charge is 0.224 e. The molecule has 0 aliphatic carbocycles. The van der Waals surface area contributed by atoms with Gasteiger partial charge in [-0.2, -0.15) is 0 Å². The molecule has 0 unspecified atom stereocenters. The molecule has 142 valence electrons. The van der Waals surface area contributed by atoms with Crippen molar-refractivity contribution in [3.8, 4) is 0 Å². The number of amides is 2. The third-order valence-electron chi connectivity index (χ3n) is 5.04. The fraction of sp³-hybridized carbons (Fsp3) is 0.409. The van der Waals surface area contributed by atoms with Crippen molar-refractivity contribution in [3.63, 3.8) is 0 Å². The lowest BCUT2D eigenvalue weighted by Crippen LogP contribution is -2.46. The normalized spacial score (nSPS) is 17.0. The van der Waals surface area contributed by atoms with Crippen molar-refractivity contribution in [1.29, 1.82) is 0 Å². The average Bonchev–Trinajstić information content (AvgIpc) is 2.71. The summed E-state index contributed by atoms with van der Waals surface area (Å²) >= 11 is 0. The Morgan fingerprint density at radius 3 is 2.70 bits per heavy atom. The fourth-order valence-electron chi connectivity index (χ4n) is 3.48. The van der Waals surface area contributed by atoms with Gasteiger partial charge in [0.2, 0.25) is 11.8 Å². The van der Waals surface area contributed by atoms with Crippen LogP contribution in [0.4, 0.5) is 0 Å². The minimum Gasteiger partial charge on any atom is -0.355 e. The molecule has 1 atom stereocenters. The van der Waals surface area contributed by atoms with Crippen molar-refractivity contribution in [2.45, 2.75) is 32.1 Å². The molecule has 27 heavy (non-hydrogen) atoms. The summed E-state index contributed by atoms with van der Waals surface area (Å²) < 4.78 is 0. The van der Waals surface area contributed by atoms with Gasteiger partial charge >= 0.3 is 0 Å². The number of carbonyl (C=O) groups is 2. The molecule has 1 fully saturated rings. The van der Waals surface area contributed by atoms with E-state index in [0.717, 1.165) is 24.8 Å². The zero-order chi connectivity index (χ0) is 18.9. The van der Waals surface area contributed by atoms with Crippen LogP contribution in [-0.4, -0.2) is 41.3 Å². The molecule has 1 aromatic heterocycles. The molecule has 0 saturated carbocycles. The second kappa shape index (κ2) is 9.86. The van der Waals surface area contributed by atoms with E-state index in [1.807, 2.05) is 41.4 Å². The van der Waals surface area contributed by atoms with E-state index in [2.05, 4.69) is 22.4 Å². The highest BCUT2D eigenvalue weighted by molar-refractivity contribution is 5.83. The minimum atomic E-state index is -0.103. The summed E-state index contributed by atoms with van der Waals surface area (Å²) in [5.74, 6) is 0.121. The second-order valence-corrected chi connectivity index (χ2v) is 7.07. The Bertz CT molecular complexity index is 734. The van der Waals surface area contributed by atoms with E-state index >= 15 is 0 Å². The average molecular weight is 365 g/mol. The van der Waals surface area contributed by atoms with Crippen molar-refractivity contribution in [2.24, 2.45) is 5.92 Å². The van der Waals surface area contributed by atoms with Crippen LogP contribution in [0.2, 0.25) is 0 Å². The molecule has 0 spiro atoms. The van der Waals surface area contributed by atoms with Crippen molar-refractivity contribution < 1.29 is 9.59 Å². The summed E-state index contributed by atoms with van der Waals surface area (Å²) in [6.45, 7) is 1.85. The van der Waals surface area contributed by atoms with Crippen molar-refractivity contribution in [3.05, 3.63) is 66.0 Å². The lowest BCUT2D eigenvalue weighted by molar-refractivity contribution is -0.138. The van der Waals surface area contributed by atoms with Crippen molar-refractivity contribution >= 4 is 11.8 Å². The lowest BCUT2D eigenvalue weighted by Gasteiger charge is -2.32. The topological polar surface area (TPSA) is 62.3 Å². The molecule has 1 aliphatic rings. The van der Waals surface area contributed by atoms with Crippen LogP contribution in [0.3, 0.4) is 0 Å². The van der Waals surface area contributed by atoms with Gasteiger partial charge in [0.15, 0.2) is 0 Å². The van der Waals surface area contributed by atoms with Gasteiger partial charge < -0.3 is 10.2 Å². The van der Waals surface area contributed by atoms with Crippen molar-refractivity contribution in [1.82, 2.24) is 15.2 Å². The largest absolute Gasteiger partial charge is 0.355 e. The van der Waals surface area contributed by atoms with Crippen LogP contribution < -0.4 is 5.32 Å². The molecule has 2 heterocycles. The third-order valence-corrected chi connectivity index (χ3v) is 5.04. The first kappa shape index (κ1) is 19.1. The van der Waals surface area contributed by atoms with Gasteiger partial charge in [-0.05, 0) is 42.9 Å². The summed E-state index contributed by atoms with van der Waals surface area (Å²) in [5, 5.41) is 3.01. The number of rotatable bonds is 8. The fourth-order valence-corrected chi connectivity index (χ4v) is 3.48. The van der Waals surface area contributed by atoms with Crippen LogP contribution in [0.1, 0.15) is 30.4 Å². The molecule has 5 heteroatoms. The first-order valence-corrected chi connectivity index (χ1v) is 9.70. The van der Waals surface area contributed by atoms with E-state index < -0.39 is 0 Å². The molecular formula is C22H27N3O2. The zero-order valence-corrected chi connectivity index (χ0v) is 15.6. The highest BCUT2D eigenvalue weighted by atomic mass is 16.2. The Balaban J connectivity index is 1.41. The van der Waals surface area contributed by atoms with E-state index in [1.165, 1.54) is 5.56 Å². The number of aryl methyl sites for hydroxylation is 1. The number of hydrogen-bond donors (Lipinski definition) is 1. The number of benzene rings is 1. The number of likely N-dealkylation sites (tertiary alicyclic amines) is 1. The number of hydrogen-bond acceptors (Lipinski definition) is 3. The quantitative estimate of drug-likeness (QED) is 0.782. The maximum Gasteiger partial charge on any atom is 0.224 e. The third kappa shape index (κ3) is 5.91. The first-order valence-electron chi connectivity index (χ1n) is 9.70. The van der Waals surface area contributed by atoms with E-state index in [0.29, 0.717) is 32.5 Å². The molecular weight excluding hydrogens is 338 g/mol. The predicted molar refractivity (Wildman–Crippen MR) is 105 cm³/mol. The minimum absolute atomic E-state index is 0.0550. The Morgan fingerprint density at radius 1 is 1.11 bits per heavy atom. The monoisotopic (exact) mass is 365 g/mol. The number of nitrogens with zero attached hydrogens (tertiary/aromatic N) is 2. The number of piperidine rings is 1. The van der Waals surface area contributed by atoms with E-state index in [4.69, 9.17) is 0 Å². The molecule has 1 N–H and O–H groups in total.